The third kappa shape index (κ3) is 4.57. The van der Waals surface area contributed by atoms with Crippen molar-refractivity contribution < 1.29 is 4.79 Å². The maximum atomic E-state index is 12.7. The van der Waals surface area contributed by atoms with Gasteiger partial charge in [-0.1, -0.05) is 36.2 Å². The lowest BCUT2D eigenvalue weighted by Gasteiger charge is -2.32. The summed E-state index contributed by atoms with van der Waals surface area (Å²) in [7, 11) is 0. The number of hydrogen-bond donors (Lipinski definition) is 1. The Bertz CT molecular complexity index is 573. The minimum absolute atomic E-state index is 0. The van der Waals surface area contributed by atoms with E-state index in [1.165, 1.54) is 0 Å². The molecule has 0 spiro atoms. The molecule has 1 aromatic carbocycles. The van der Waals surface area contributed by atoms with E-state index in [1.54, 1.807) is 6.07 Å². The van der Waals surface area contributed by atoms with Crippen LogP contribution < -0.4 is 5.32 Å². The van der Waals surface area contributed by atoms with Crippen LogP contribution in [0.2, 0.25) is 10.0 Å². The van der Waals surface area contributed by atoms with Crippen LogP contribution in [0, 0.1) is 11.8 Å². The summed E-state index contributed by atoms with van der Waals surface area (Å²) < 4.78 is 0. The fourth-order valence-corrected chi connectivity index (χ4v) is 4.10. The number of halogens is 3. The second kappa shape index (κ2) is 8.75. The molecule has 2 atom stereocenters. The molecule has 1 N–H and O–H groups in total. The van der Waals surface area contributed by atoms with Crippen LogP contribution in [-0.2, 0) is 4.79 Å². The van der Waals surface area contributed by atoms with Crippen molar-refractivity contribution in [1.82, 2.24) is 10.2 Å². The van der Waals surface area contributed by atoms with Crippen molar-refractivity contribution in [3.8, 4) is 0 Å². The molecule has 3 rings (SSSR count). The Balaban J connectivity index is 0.00000208. The van der Waals surface area contributed by atoms with E-state index in [2.05, 4.69) is 17.1 Å². The Morgan fingerprint density at radius 1 is 1.29 bits per heavy atom. The van der Waals surface area contributed by atoms with Gasteiger partial charge in [0.05, 0.1) is 0 Å². The lowest BCUT2D eigenvalue weighted by molar-refractivity contribution is -0.134. The highest BCUT2D eigenvalue weighted by molar-refractivity contribution is 6.35. The number of carbonyl (C=O) groups is 1. The van der Waals surface area contributed by atoms with Crippen LogP contribution in [-0.4, -0.2) is 37.0 Å². The minimum atomic E-state index is 0. The molecule has 1 aromatic rings. The summed E-state index contributed by atoms with van der Waals surface area (Å²) in [4.78, 5) is 14.7. The van der Waals surface area contributed by atoms with Crippen LogP contribution in [0.25, 0.3) is 0 Å². The number of nitrogens with zero attached hydrogens (tertiary/aromatic N) is 1. The monoisotopic (exact) mass is 390 g/mol. The molecule has 2 aliphatic rings. The molecule has 0 aromatic heterocycles. The van der Waals surface area contributed by atoms with Crippen LogP contribution in [0.3, 0.4) is 0 Å². The first-order chi connectivity index (χ1) is 11.1. The van der Waals surface area contributed by atoms with Gasteiger partial charge < -0.3 is 10.2 Å². The Morgan fingerprint density at radius 2 is 2.00 bits per heavy atom. The maximum Gasteiger partial charge on any atom is 0.226 e. The van der Waals surface area contributed by atoms with Gasteiger partial charge in [-0.15, -0.1) is 12.4 Å². The molecule has 0 bridgehead atoms. The first kappa shape index (κ1) is 19.8. The molecule has 1 amide bonds. The second-order valence-electron chi connectivity index (χ2n) is 6.69. The predicted molar refractivity (Wildman–Crippen MR) is 102 cm³/mol. The molecule has 2 fully saturated rings. The van der Waals surface area contributed by atoms with Gasteiger partial charge in [0.1, 0.15) is 0 Å². The van der Waals surface area contributed by atoms with Crippen molar-refractivity contribution >= 4 is 41.5 Å². The number of piperidine rings is 1. The average Bonchev–Trinajstić information content (AvgIpc) is 3.33. The van der Waals surface area contributed by atoms with Gasteiger partial charge in [-0.05, 0) is 61.9 Å². The lowest BCUT2D eigenvalue weighted by atomic mass is 9.96. The van der Waals surface area contributed by atoms with Crippen molar-refractivity contribution in [2.75, 3.05) is 26.2 Å². The number of rotatable bonds is 5. The average molecular weight is 392 g/mol. The lowest BCUT2D eigenvalue weighted by Crippen LogP contribution is -2.41. The summed E-state index contributed by atoms with van der Waals surface area (Å²) >= 11 is 12.2. The van der Waals surface area contributed by atoms with Gasteiger partial charge in [0, 0.05) is 29.1 Å². The first-order valence-corrected chi connectivity index (χ1v) is 9.30. The summed E-state index contributed by atoms with van der Waals surface area (Å²) in [5, 5.41) is 4.73. The molecule has 2 unspecified atom stereocenters. The summed E-state index contributed by atoms with van der Waals surface area (Å²) in [6.07, 6.45) is 3.13. The summed E-state index contributed by atoms with van der Waals surface area (Å²) in [6, 6.07) is 5.59. The smallest absolute Gasteiger partial charge is 0.226 e. The fraction of sp³-hybridized carbons (Fsp3) is 0.611. The second-order valence-corrected chi connectivity index (χ2v) is 7.53. The number of benzene rings is 1. The van der Waals surface area contributed by atoms with Gasteiger partial charge in [-0.25, -0.2) is 0 Å². The number of hydrogen-bond acceptors (Lipinski definition) is 2. The van der Waals surface area contributed by atoms with Crippen molar-refractivity contribution in [2.24, 2.45) is 11.8 Å². The van der Waals surface area contributed by atoms with Gasteiger partial charge in [-0.2, -0.15) is 0 Å². The summed E-state index contributed by atoms with van der Waals surface area (Å²) in [5.41, 5.74) is 1.07. The SMILES string of the molecule is CCNCC1CCN(C(=O)C2CC2c2ccc(Cl)cc2Cl)CC1.Cl. The molecule has 1 saturated heterocycles. The molecule has 134 valence electrons. The molecule has 1 aliphatic heterocycles. The molecule has 6 heteroatoms. The Hall–Kier alpha value is -0.480. The van der Waals surface area contributed by atoms with Crippen molar-refractivity contribution in [1.29, 1.82) is 0 Å². The standard InChI is InChI=1S/C18H24Cl2N2O.ClH/c1-2-21-11-12-5-7-22(8-6-12)18(23)16-10-15(16)14-4-3-13(19)9-17(14)20;/h3-4,9,12,15-16,21H,2,5-8,10-11H2,1H3;1H. The topological polar surface area (TPSA) is 32.3 Å². The van der Waals surface area contributed by atoms with E-state index in [0.717, 1.165) is 51.0 Å². The van der Waals surface area contributed by atoms with E-state index in [-0.39, 0.29) is 24.2 Å². The van der Waals surface area contributed by atoms with Crippen LogP contribution >= 0.6 is 35.6 Å². The zero-order valence-electron chi connectivity index (χ0n) is 13.9. The number of likely N-dealkylation sites (tertiary alicyclic amines) is 1. The molecule has 1 heterocycles. The van der Waals surface area contributed by atoms with E-state index in [0.29, 0.717) is 21.9 Å². The van der Waals surface area contributed by atoms with Gasteiger partial charge >= 0.3 is 0 Å². The Labute approximate surface area is 160 Å². The number of carbonyl (C=O) groups excluding carboxylic acids is 1. The minimum Gasteiger partial charge on any atom is -0.342 e. The van der Waals surface area contributed by atoms with Gasteiger partial charge in [0.2, 0.25) is 5.91 Å². The van der Waals surface area contributed by atoms with Crippen molar-refractivity contribution in [2.45, 2.75) is 32.1 Å². The quantitative estimate of drug-likeness (QED) is 0.808. The van der Waals surface area contributed by atoms with Crippen LogP contribution in [0.5, 0.6) is 0 Å². The molecular weight excluding hydrogens is 367 g/mol. The molecular formula is C18H25Cl3N2O. The Kier molecular flexibility index (Phi) is 7.23. The van der Waals surface area contributed by atoms with Crippen LogP contribution in [0.1, 0.15) is 37.7 Å². The van der Waals surface area contributed by atoms with Crippen molar-refractivity contribution in [3.05, 3.63) is 33.8 Å². The zero-order valence-corrected chi connectivity index (χ0v) is 16.3. The molecule has 0 radical (unpaired) electrons. The van der Waals surface area contributed by atoms with E-state index in [1.807, 2.05) is 12.1 Å². The van der Waals surface area contributed by atoms with Crippen LogP contribution in [0.15, 0.2) is 18.2 Å². The highest BCUT2D eigenvalue weighted by Gasteiger charge is 2.46. The van der Waals surface area contributed by atoms with Gasteiger partial charge in [-0.3, -0.25) is 4.79 Å². The highest BCUT2D eigenvalue weighted by atomic mass is 35.5. The van der Waals surface area contributed by atoms with Crippen molar-refractivity contribution in [3.63, 3.8) is 0 Å². The van der Waals surface area contributed by atoms with Gasteiger partial charge in [0.15, 0.2) is 0 Å². The largest absolute Gasteiger partial charge is 0.342 e. The Morgan fingerprint density at radius 3 is 2.62 bits per heavy atom. The van der Waals surface area contributed by atoms with E-state index in [4.69, 9.17) is 23.2 Å². The highest BCUT2D eigenvalue weighted by Crippen LogP contribution is 2.51. The predicted octanol–water partition coefficient (Wildman–Crippen LogP) is 4.37. The first-order valence-electron chi connectivity index (χ1n) is 8.54. The van der Waals surface area contributed by atoms with E-state index in [9.17, 15) is 4.79 Å². The summed E-state index contributed by atoms with van der Waals surface area (Å²) in [6.45, 7) is 6.02. The third-order valence-corrected chi connectivity index (χ3v) is 5.64. The zero-order chi connectivity index (χ0) is 16.4. The number of nitrogens with one attached hydrogen (secondary N) is 1. The molecule has 24 heavy (non-hydrogen) atoms. The molecule has 1 saturated carbocycles. The molecule has 1 aliphatic carbocycles. The number of amides is 1. The maximum absolute atomic E-state index is 12.7. The van der Waals surface area contributed by atoms with Crippen LogP contribution in [0.4, 0.5) is 0 Å². The third-order valence-electron chi connectivity index (χ3n) is 5.08. The molecule has 3 nitrogen and oxygen atoms in total. The normalized spacial score (nSPS) is 23.7. The fourth-order valence-electron chi connectivity index (χ4n) is 3.55. The van der Waals surface area contributed by atoms with E-state index < -0.39 is 0 Å². The van der Waals surface area contributed by atoms with E-state index >= 15 is 0 Å². The van der Waals surface area contributed by atoms with Gasteiger partial charge in [0.25, 0.3) is 0 Å². The summed E-state index contributed by atoms with van der Waals surface area (Å²) in [5.74, 6) is 1.40.